The number of nitrogens with zero attached hydrogens (tertiary/aromatic N) is 1. The molecule has 2 aromatic rings. The van der Waals surface area contributed by atoms with Gasteiger partial charge < -0.3 is 23.9 Å². The summed E-state index contributed by atoms with van der Waals surface area (Å²) in [7, 11) is 1.52. The van der Waals surface area contributed by atoms with Gasteiger partial charge in [-0.05, 0) is 63.6 Å². The Morgan fingerprint density at radius 1 is 1.20 bits per heavy atom. The van der Waals surface area contributed by atoms with Gasteiger partial charge in [0, 0.05) is 19.2 Å². The van der Waals surface area contributed by atoms with Crippen molar-refractivity contribution >= 4 is 17.4 Å². The topological polar surface area (TPSA) is 89.2 Å². The number of hydrogen-bond acceptors (Lipinski definition) is 6. The Hall–Kier alpha value is -3.06. The minimum absolute atomic E-state index is 0.00220. The molecule has 0 radical (unpaired) electrons. The number of ether oxygens (including phenoxy) is 2. The van der Waals surface area contributed by atoms with Crippen molar-refractivity contribution in [2.75, 3.05) is 20.3 Å². The smallest absolute Gasteiger partial charge is 0.295 e. The van der Waals surface area contributed by atoms with Crippen molar-refractivity contribution in [3.63, 3.8) is 0 Å². The SMILES string of the molecule is COCCN1C(=O)C(=O)/C(=C(\O)c2ccc(OC(C)C)c(C)c2)C1c1ccc(C)o1. The molecule has 1 unspecified atom stereocenters. The highest BCUT2D eigenvalue weighted by Gasteiger charge is 2.47. The quantitative estimate of drug-likeness (QED) is 0.422. The number of methoxy groups -OCH3 is 1. The van der Waals surface area contributed by atoms with Crippen LogP contribution >= 0.6 is 0 Å². The molecule has 2 heterocycles. The molecule has 0 bridgehead atoms. The predicted octanol–water partition coefficient (Wildman–Crippen LogP) is 3.75. The van der Waals surface area contributed by atoms with Gasteiger partial charge in [-0.1, -0.05) is 0 Å². The maximum Gasteiger partial charge on any atom is 0.295 e. The normalized spacial score (nSPS) is 18.5. The number of benzene rings is 1. The second-order valence-electron chi connectivity index (χ2n) is 7.58. The van der Waals surface area contributed by atoms with Crippen LogP contribution in [0.3, 0.4) is 0 Å². The van der Waals surface area contributed by atoms with Crippen molar-refractivity contribution in [1.29, 1.82) is 0 Å². The van der Waals surface area contributed by atoms with E-state index in [1.165, 1.54) is 12.0 Å². The van der Waals surface area contributed by atoms with Gasteiger partial charge in [0.1, 0.15) is 29.1 Å². The van der Waals surface area contributed by atoms with Crippen LogP contribution in [0.5, 0.6) is 5.75 Å². The average molecular weight is 413 g/mol. The zero-order valence-electron chi connectivity index (χ0n) is 17.9. The molecule has 7 heteroatoms. The number of Topliss-reactive ketones (excluding diaryl/α,β-unsaturated/α-hetero) is 1. The minimum atomic E-state index is -0.819. The number of aryl methyl sites for hydroxylation is 2. The molecule has 1 aromatic carbocycles. The first kappa shape index (κ1) is 21.6. The highest BCUT2D eigenvalue weighted by atomic mass is 16.5. The van der Waals surface area contributed by atoms with Gasteiger partial charge in [0.05, 0.1) is 18.3 Å². The Bertz CT molecular complexity index is 987. The number of hydrogen-bond donors (Lipinski definition) is 1. The third-order valence-electron chi connectivity index (χ3n) is 4.92. The van der Waals surface area contributed by atoms with E-state index in [1.807, 2.05) is 20.8 Å². The van der Waals surface area contributed by atoms with Crippen molar-refractivity contribution < 1.29 is 28.6 Å². The highest BCUT2D eigenvalue weighted by molar-refractivity contribution is 6.46. The number of carbonyl (C=O) groups is 2. The van der Waals surface area contributed by atoms with Crippen molar-refractivity contribution in [2.24, 2.45) is 0 Å². The Labute approximate surface area is 175 Å². The first-order valence-electron chi connectivity index (χ1n) is 9.86. The van der Waals surface area contributed by atoms with Crippen molar-refractivity contribution in [3.8, 4) is 5.75 Å². The number of likely N-dealkylation sites (tertiary alicyclic amines) is 1. The third-order valence-corrected chi connectivity index (χ3v) is 4.92. The first-order valence-corrected chi connectivity index (χ1v) is 9.86. The third kappa shape index (κ3) is 4.11. The molecule has 0 spiro atoms. The van der Waals surface area contributed by atoms with E-state index in [2.05, 4.69) is 0 Å². The van der Waals surface area contributed by atoms with Crippen LogP contribution in [0, 0.1) is 13.8 Å². The molecule has 30 heavy (non-hydrogen) atoms. The van der Waals surface area contributed by atoms with Gasteiger partial charge in [0.2, 0.25) is 0 Å². The van der Waals surface area contributed by atoms with Gasteiger partial charge in [-0.2, -0.15) is 0 Å². The summed E-state index contributed by atoms with van der Waals surface area (Å²) in [6, 6.07) is 7.81. The van der Waals surface area contributed by atoms with Gasteiger partial charge in [0.25, 0.3) is 11.7 Å². The van der Waals surface area contributed by atoms with Crippen LogP contribution in [0.4, 0.5) is 0 Å². The zero-order valence-corrected chi connectivity index (χ0v) is 17.9. The summed E-state index contributed by atoms with van der Waals surface area (Å²) in [5.74, 6) is 0.0768. The van der Waals surface area contributed by atoms with Crippen LogP contribution in [0.25, 0.3) is 5.76 Å². The number of furan rings is 1. The largest absolute Gasteiger partial charge is 0.507 e. The highest BCUT2D eigenvalue weighted by Crippen LogP contribution is 2.40. The Morgan fingerprint density at radius 3 is 2.50 bits per heavy atom. The fourth-order valence-corrected chi connectivity index (χ4v) is 3.53. The number of amides is 1. The molecule has 1 aromatic heterocycles. The summed E-state index contributed by atoms with van der Waals surface area (Å²) in [6.45, 7) is 7.95. The summed E-state index contributed by atoms with van der Waals surface area (Å²) in [5, 5.41) is 11.1. The van der Waals surface area contributed by atoms with Crippen LogP contribution in [0.1, 0.15) is 42.5 Å². The van der Waals surface area contributed by atoms with E-state index in [9.17, 15) is 14.7 Å². The molecule has 7 nitrogen and oxygen atoms in total. The molecule has 1 atom stereocenters. The van der Waals surface area contributed by atoms with Crippen LogP contribution in [-0.4, -0.2) is 48.1 Å². The molecule has 1 aliphatic rings. The molecule has 0 saturated carbocycles. The summed E-state index contributed by atoms with van der Waals surface area (Å²) >= 11 is 0. The second-order valence-corrected chi connectivity index (χ2v) is 7.58. The Morgan fingerprint density at radius 2 is 1.93 bits per heavy atom. The molecule has 1 fully saturated rings. The molecule has 1 saturated heterocycles. The van der Waals surface area contributed by atoms with E-state index in [0.29, 0.717) is 22.8 Å². The zero-order chi connectivity index (χ0) is 22.0. The van der Waals surface area contributed by atoms with Crippen LogP contribution in [-0.2, 0) is 14.3 Å². The van der Waals surface area contributed by atoms with Crippen molar-refractivity contribution in [1.82, 2.24) is 4.90 Å². The van der Waals surface area contributed by atoms with Crippen LogP contribution in [0.2, 0.25) is 0 Å². The lowest BCUT2D eigenvalue weighted by atomic mass is 9.98. The van der Waals surface area contributed by atoms with E-state index >= 15 is 0 Å². The molecule has 1 amide bonds. The van der Waals surface area contributed by atoms with Gasteiger partial charge in [-0.3, -0.25) is 9.59 Å². The van der Waals surface area contributed by atoms with Crippen molar-refractivity contribution in [3.05, 3.63) is 58.6 Å². The summed E-state index contributed by atoms with van der Waals surface area (Å²) in [6.07, 6.45) is 0.0106. The maximum atomic E-state index is 12.9. The van der Waals surface area contributed by atoms with E-state index in [1.54, 1.807) is 37.3 Å². The number of ketones is 1. The van der Waals surface area contributed by atoms with Crippen molar-refractivity contribution in [2.45, 2.75) is 39.8 Å². The van der Waals surface area contributed by atoms with Gasteiger partial charge >= 0.3 is 0 Å². The summed E-state index contributed by atoms with van der Waals surface area (Å²) in [4.78, 5) is 26.9. The molecule has 1 aliphatic heterocycles. The van der Waals surface area contributed by atoms with E-state index in [0.717, 1.165) is 5.56 Å². The fourth-order valence-electron chi connectivity index (χ4n) is 3.53. The first-order chi connectivity index (χ1) is 14.2. The molecule has 3 rings (SSSR count). The van der Waals surface area contributed by atoms with Gasteiger partial charge in [-0.15, -0.1) is 0 Å². The summed E-state index contributed by atoms with van der Waals surface area (Å²) < 4.78 is 16.6. The fraction of sp³-hybridized carbons (Fsp3) is 0.391. The number of aliphatic hydroxyl groups is 1. The number of rotatable bonds is 7. The maximum absolute atomic E-state index is 12.9. The predicted molar refractivity (Wildman–Crippen MR) is 111 cm³/mol. The molecular weight excluding hydrogens is 386 g/mol. The lowest BCUT2D eigenvalue weighted by molar-refractivity contribution is -0.140. The van der Waals surface area contributed by atoms with Gasteiger partial charge in [0.15, 0.2) is 0 Å². The molecular formula is C23H27NO6. The monoisotopic (exact) mass is 413 g/mol. The molecule has 0 aliphatic carbocycles. The lowest BCUT2D eigenvalue weighted by Gasteiger charge is -2.23. The molecule has 160 valence electrons. The van der Waals surface area contributed by atoms with Crippen LogP contribution in [0.15, 0.2) is 40.3 Å². The standard InChI is InChI=1S/C23H27NO6/c1-13(2)29-17-9-7-16(12-14(17)3)21(25)19-20(18-8-6-15(4)30-18)24(10-11-28-5)23(27)22(19)26/h6-9,12-13,20,25H,10-11H2,1-5H3/b21-19-. The minimum Gasteiger partial charge on any atom is -0.507 e. The van der Waals surface area contributed by atoms with Gasteiger partial charge in [-0.25, -0.2) is 0 Å². The number of carbonyl (C=O) groups excluding carboxylic acids is 2. The molecule has 1 N–H and O–H groups in total. The van der Waals surface area contributed by atoms with E-state index in [4.69, 9.17) is 13.9 Å². The van der Waals surface area contributed by atoms with E-state index in [-0.39, 0.29) is 30.6 Å². The Balaban J connectivity index is 2.09. The Kier molecular flexibility index (Phi) is 6.31. The lowest BCUT2D eigenvalue weighted by Crippen LogP contribution is -2.32. The average Bonchev–Trinajstić information content (AvgIpc) is 3.22. The number of aliphatic hydroxyl groups excluding tert-OH is 1. The summed E-state index contributed by atoms with van der Waals surface area (Å²) in [5.41, 5.74) is 1.25. The van der Waals surface area contributed by atoms with E-state index < -0.39 is 17.7 Å². The van der Waals surface area contributed by atoms with Crippen LogP contribution < -0.4 is 4.74 Å². The second kappa shape index (κ2) is 8.75.